The van der Waals surface area contributed by atoms with Gasteiger partial charge in [-0.2, -0.15) is 0 Å². The molecule has 1 amide bonds. The number of likely N-dealkylation sites (tertiary alicyclic amines) is 1. The minimum atomic E-state index is -0.252. The Balaban J connectivity index is 1.33. The second-order valence-corrected chi connectivity index (χ2v) is 7.65. The largest absolute Gasteiger partial charge is 0.343 e. The number of aromatic nitrogens is 4. The molecule has 3 heterocycles. The summed E-state index contributed by atoms with van der Waals surface area (Å²) in [5, 5.41) is 0. The molecule has 0 spiro atoms. The highest BCUT2D eigenvalue weighted by atomic mass is 19.1. The van der Waals surface area contributed by atoms with E-state index in [2.05, 4.69) is 16.9 Å². The van der Waals surface area contributed by atoms with Crippen molar-refractivity contribution in [3.63, 3.8) is 0 Å². The number of rotatable bonds is 6. The van der Waals surface area contributed by atoms with E-state index in [1.165, 1.54) is 12.1 Å². The molecule has 2 aromatic heterocycles. The van der Waals surface area contributed by atoms with Gasteiger partial charge in [-0.05, 0) is 37.0 Å². The molecule has 0 unspecified atom stereocenters. The van der Waals surface area contributed by atoms with E-state index in [4.69, 9.17) is 4.98 Å². The van der Waals surface area contributed by atoms with Gasteiger partial charge in [0.2, 0.25) is 5.91 Å². The summed E-state index contributed by atoms with van der Waals surface area (Å²) in [5.74, 6) is 1.96. The summed E-state index contributed by atoms with van der Waals surface area (Å²) < 4.78 is 15.0. The van der Waals surface area contributed by atoms with Crippen LogP contribution in [0.3, 0.4) is 0 Å². The molecule has 1 fully saturated rings. The first-order valence-electron chi connectivity index (χ1n) is 10.5. The zero-order valence-electron chi connectivity index (χ0n) is 17.2. The molecule has 3 aromatic rings. The number of halogens is 1. The van der Waals surface area contributed by atoms with Gasteiger partial charge in [0, 0.05) is 50.4 Å². The lowest BCUT2D eigenvalue weighted by molar-refractivity contribution is -0.132. The Morgan fingerprint density at radius 1 is 1.17 bits per heavy atom. The van der Waals surface area contributed by atoms with Crippen LogP contribution in [0.2, 0.25) is 0 Å². The molecular weight excluding hydrogens is 381 g/mol. The number of carbonyl (C=O) groups is 1. The Kier molecular flexibility index (Phi) is 6.16. The third kappa shape index (κ3) is 4.56. The topological polar surface area (TPSA) is 63.9 Å². The Morgan fingerprint density at radius 2 is 1.93 bits per heavy atom. The summed E-state index contributed by atoms with van der Waals surface area (Å²) in [6.07, 6.45) is 11.0. The van der Waals surface area contributed by atoms with Crippen molar-refractivity contribution in [2.45, 2.75) is 44.9 Å². The Morgan fingerprint density at radius 3 is 2.67 bits per heavy atom. The molecule has 6 nitrogen and oxygen atoms in total. The fourth-order valence-corrected chi connectivity index (χ4v) is 3.97. The predicted molar refractivity (Wildman–Crippen MR) is 112 cm³/mol. The number of imidazole rings is 1. The van der Waals surface area contributed by atoms with Crippen LogP contribution in [0.5, 0.6) is 0 Å². The van der Waals surface area contributed by atoms with E-state index in [9.17, 15) is 9.18 Å². The molecule has 1 aliphatic rings. The number of aryl methyl sites for hydroxylation is 2. The van der Waals surface area contributed by atoms with Crippen molar-refractivity contribution < 1.29 is 9.18 Å². The van der Waals surface area contributed by atoms with Gasteiger partial charge in [0.1, 0.15) is 11.6 Å². The lowest BCUT2D eigenvalue weighted by Crippen LogP contribution is -2.38. The summed E-state index contributed by atoms with van der Waals surface area (Å²) in [6.45, 7) is 3.52. The van der Waals surface area contributed by atoms with Crippen LogP contribution in [-0.2, 0) is 17.6 Å². The van der Waals surface area contributed by atoms with E-state index in [-0.39, 0.29) is 11.7 Å². The van der Waals surface area contributed by atoms with Gasteiger partial charge in [-0.3, -0.25) is 14.3 Å². The van der Waals surface area contributed by atoms with Gasteiger partial charge in [-0.25, -0.2) is 14.4 Å². The van der Waals surface area contributed by atoms with E-state index in [1.807, 2.05) is 21.9 Å². The van der Waals surface area contributed by atoms with Crippen molar-refractivity contribution in [1.82, 2.24) is 24.4 Å². The van der Waals surface area contributed by atoms with Crippen LogP contribution in [0, 0.1) is 5.82 Å². The molecule has 7 heteroatoms. The zero-order chi connectivity index (χ0) is 20.9. The van der Waals surface area contributed by atoms with Crippen LogP contribution in [0.4, 0.5) is 4.39 Å². The summed E-state index contributed by atoms with van der Waals surface area (Å²) in [5.41, 5.74) is 1.96. The molecule has 0 aliphatic carbocycles. The highest BCUT2D eigenvalue weighted by molar-refractivity contribution is 5.76. The molecule has 1 aliphatic heterocycles. The van der Waals surface area contributed by atoms with E-state index < -0.39 is 0 Å². The Labute approximate surface area is 175 Å². The average molecular weight is 407 g/mol. The molecule has 1 aromatic carbocycles. The van der Waals surface area contributed by atoms with Crippen molar-refractivity contribution in [3.8, 4) is 5.82 Å². The molecule has 0 radical (unpaired) electrons. The van der Waals surface area contributed by atoms with E-state index >= 15 is 0 Å². The number of carbonyl (C=O) groups excluding carboxylic acids is 1. The second kappa shape index (κ2) is 9.15. The van der Waals surface area contributed by atoms with E-state index in [0.29, 0.717) is 18.8 Å². The van der Waals surface area contributed by atoms with Gasteiger partial charge in [-0.15, -0.1) is 0 Å². The van der Waals surface area contributed by atoms with Crippen LogP contribution in [0.1, 0.15) is 49.2 Å². The minimum absolute atomic E-state index is 0.156. The Hall–Kier alpha value is -3.09. The van der Waals surface area contributed by atoms with Gasteiger partial charge < -0.3 is 4.90 Å². The average Bonchev–Trinajstić information content (AvgIpc) is 3.28. The smallest absolute Gasteiger partial charge is 0.222 e. The fraction of sp³-hybridized carbons (Fsp3) is 0.391. The van der Waals surface area contributed by atoms with E-state index in [1.54, 1.807) is 24.5 Å². The number of piperidine rings is 1. The van der Waals surface area contributed by atoms with Crippen LogP contribution >= 0.6 is 0 Å². The number of hydrogen-bond donors (Lipinski definition) is 0. The molecule has 4 rings (SSSR count). The van der Waals surface area contributed by atoms with Crippen LogP contribution in [0.25, 0.3) is 5.82 Å². The second-order valence-electron chi connectivity index (χ2n) is 7.65. The van der Waals surface area contributed by atoms with Crippen LogP contribution in [-0.4, -0.2) is 43.4 Å². The van der Waals surface area contributed by atoms with Gasteiger partial charge in [0.05, 0.1) is 11.9 Å². The molecule has 0 atom stereocenters. The summed E-state index contributed by atoms with van der Waals surface area (Å²) in [4.78, 5) is 28.1. The molecular formula is C23H26FN5O. The lowest BCUT2D eigenvalue weighted by atomic mass is 9.93. The number of nitrogens with zero attached hydrogens (tertiary/aromatic N) is 5. The maximum absolute atomic E-state index is 13.0. The molecule has 156 valence electrons. The first-order valence-corrected chi connectivity index (χ1v) is 10.5. The quantitative estimate of drug-likeness (QED) is 0.625. The number of amides is 1. The van der Waals surface area contributed by atoms with Gasteiger partial charge in [0.25, 0.3) is 0 Å². The normalized spacial score (nSPS) is 14.8. The molecule has 1 saturated heterocycles. The van der Waals surface area contributed by atoms with Crippen molar-refractivity contribution in [3.05, 3.63) is 72.0 Å². The van der Waals surface area contributed by atoms with Gasteiger partial charge >= 0.3 is 0 Å². The lowest BCUT2D eigenvalue weighted by Gasteiger charge is -2.32. The maximum Gasteiger partial charge on any atom is 0.222 e. The third-order valence-corrected chi connectivity index (χ3v) is 5.73. The third-order valence-electron chi connectivity index (χ3n) is 5.73. The first-order chi connectivity index (χ1) is 14.6. The van der Waals surface area contributed by atoms with Crippen molar-refractivity contribution in [1.29, 1.82) is 0 Å². The molecule has 30 heavy (non-hydrogen) atoms. The highest BCUT2D eigenvalue weighted by Gasteiger charge is 2.25. The van der Waals surface area contributed by atoms with Gasteiger partial charge in [-0.1, -0.05) is 19.1 Å². The fourth-order valence-electron chi connectivity index (χ4n) is 3.97. The zero-order valence-corrected chi connectivity index (χ0v) is 17.2. The summed E-state index contributed by atoms with van der Waals surface area (Å²) >= 11 is 0. The standard InChI is InChI=1S/C23H26FN5O/c1-2-21-26-11-14-29(21)22-16-25-15-20(27-22)18-9-12-28(13-10-18)23(30)8-5-17-3-6-19(24)7-4-17/h3-4,6-7,11,14-16,18H,2,5,8-10,12-13H2,1H3. The monoisotopic (exact) mass is 407 g/mol. The minimum Gasteiger partial charge on any atom is -0.343 e. The predicted octanol–water partition coefficient (Wildman–Crippen LogP) is 3.70. The summed E-state index contributed by atoms with van der Waals surface area (Å²) in [6, 6.07) is 6.36. The molecule has 0 N–H and O–H groups in total. The molecule has 0 saturated carbocycles. The SMILES string of the molecule is CCc1nccn1-c1cncc(C2CCN(C(=O)CCc3ccc(F)cc3)CC2)n1. The van der Waals surface area contributed by atoms with Crippen LogP contribution < -0.4 is 0 Å². The van der Waals surface area contributed by atoms with Crippen molar-refractivity contribution >= 4 is 5.91 Å². The number of benzene rings is 1. The Bertz CT molecular complexity index is 993. The van der Waals surface area contributed by atoms with Crippen LogP contribution in [0.15, 0.2) is 49.1 Å². The molecule has 0 bridgehead atoms. The van der Waals surface area contributed by atoms with Crippen molar-refractivity contribution in [2.24, 2.45) is 0 Å². The number of hydrogen-bond acceptors (Lipinski definition) is 4. The first kappa shape index (κ1) is 20.2. The highest BCUT2D eigenvalue weighted by Crippen LogP contribution is 2.27. The maximum atomic E-state index is 13.0. The summed E-state index contributed by atoms with van der Waals surface area (Å²) in [7, 11) is 0. The van der Waals surface area contributed by atoms with Gasteiger partial charge in [0.15, 0.2) is 5.82 Å². The van der Waals surface area contributed by atoms with Crippen molar-refractivity contribution in [2.75, 3.05) is 13.1 Å². The van der Waals surface area contributed by atoms with E-state index in [0.717, 1.165) is 55.3 Å².